The molecule has 18 heavy (non-hydrogen) atoms. The molecule has 0 saturated carbocycles. The van der Waals surface area contributed by atoms with Crippen molar-refractivity contribution in [3.8, 4) is 6.07 Å². The van der Waals surface area contributed by atoms with E-state index in [2.05, 4.69) is 0 Å². The summed E-state index contributed by atoms with van der Waals surface area (Å²) in [5, 5.41) is 18.3. The lowest BCUT2D eigenvalue weighted by molar-refractivity contribution is -0.384. The van der Waals surface area contributed by atoms with Gasteiger partial charge >= 0.3 is 5.97 Å². The number of carbonyl (C=O) groups is 1. The van der Waals surface area contributed by atoms with E-state index in [4.69, 9.17) is 10.00 Å². The van der Waals surface area contributed by atoms with E-state index in [9.17, 15) is 14.9 Å². The van der Waals surface area contributed by atoms with Gasteiger partial charge in [-0.3, -0.25) is 10.1 Å². The van der Waals surface area contributed by atoms with Crippen molar-refractivity contribution in [1.82, 2.24) is 0 Å². The molecule has 0 aliphatic rings. The Labute approximate surface area is 108 Å². The van der Waals surface area contributed by atoms with Gasteiger partial charge in [0.2, 0.25) is 0 Å². The summed E-state index contributed by atoms with van der Waals surface area (Å²) in [6.07, 6.45) is 0. The number of non-ortho nitro benzene ring substituents is 1. The second-order valence-electron chi connectivity index (χ2n) is 3.13. The molecule has 0 heterocycles. The largest absolute Gasteiger partial charge is 0.464 e. The van der Waals surface area contributed by atoms with Crippen molar-refractivity contribution in [2.75, 3.05) is 6.61 Å². The molecule has 1 atom stereocenters. The van der Waals surface area contributed by atoms with Gasteiger partial charge in [-0.25, -0.2) is 4.79 Å². The number of benzene rings is 1. The Morgan fingerprint density at radius 2 is 2.17 bits per heavy atom. The lowest BCUT2D eigenvalue weighted by atomic mass is 10.3. The number of carbonyl (C=O) groups excluding carboxylic acids is 1. The van der Waals surface area contributed by atoms with Gasteiger partial charge in [0.1, 0.15) is 0 Å². The van der Waals surface area contributed by atoms with Crippen molar-refractivity contribution >= 4 is 23.4 Å². The summed E-state index contributed by atoms with van der Waals surface area (Å²) < 4.78 is 4.74. The van der Waals surface area contributed by atoms with Gasteiger partial charge in [-0.1, -0.05) is 11.8 Å². The van der Waals surface area contributed by atoms with Crippen molar-refractivity contribution in [1.29, 1.82) is 5.26 Å². The zero-order valence-electron chi connectivity index (χ0n) is 9.53. The van der Waals surface area contributed by atoms with Gasteiger partial charge in [-0.2, -0.15) is 5.26 Å². The van der Waals surface area contributed by atoms with Crippen LogP contribution in [0.1, 0.15) is 6.92 Å². The highest BCUT2D eigenvalue weighted by Gasteiger charge is 2.20. The van der Waals surface area contributed by atoms with Crippen LogP contribution in [0.5, 0.6) is 0 Å². The van der Waals surface area contributed by atoms with Gasteiger partial charge in [-0.15, -0.1) is 0 Å². The zero-order chi connectivity index (χ0) is 13.5. The average molecular weight is 266 g/mol. The molecule has 0 bridgehead atoms. The molecular weight excluding hydrogens is 256 g/mol. The summed E-state index contributed by atoms with van der Waals surface area (Å²) in [7, 11) is 0. The van der Waals surface area contributed by atoms with E-state index in [1.165, 1.54) is 24.3 Å². The third kappa shape index (κ3) is 3.75. The van der Waals surface area contributed by atoms with Gasteiger partial charge in [-0.05, 0) is 19.1 Å². The molecule has 0 aliphatic carbocycles. The van der Waals surface area contributed by atoms with Crippen LogP contribution in [0.15, 0.2) is 29.2 Å². The molecule has 94 valence electrons. The number of ether oxygens (including phenoxy) is 1. The van der Waals surface area contributed by atoms with Crippen molar-refractivity contribution in [3.05, 3.63) is 34.4 Å². The van der Waals surface area contributed by atoms with E-state index in [0.29, 0.717) is 4.90 Å². The fourth-order valence-corrected chi connectivity index (χ4v) is 1.91. The predicted octanol–water partition coefficient (Wildman–Crippen LogP) is 2.14. The molecule has 1 aromatic rings. The first-order valence-electron chi connectivity index (χ1n) is 5.05. The van der Waals surface area contributed by atoms with E-state index in [1.807, 2.05) is 6.07 Å². The maximum absolute atomic E-state index is 11.4. The molecule has 7 heteroatoms. The molecule has 0 N–H and O–H groups in total. The number of hydrogen-bond donors (Lipinski definition) is 0. The van der Waals surface area contributed by atoms with Crippen LogP contribution in [0.3, 0.4) is 0 Å². The summed E-state index contributed by atoms with van der Waals surface area (Å²) in [5.74, 6) is -0.608. The highest BCUT2D eigenvalue weighted by Crippen LogP contribution is 2.25. The Bertz CT molecular complexity index is 481. The molecule has 1 aromatic carbocycles. The lowest BCUT2D eigenvalue weighted by Crippen LogP contribution is -2.18. The first-order valence-corrected chi connectivity index (χ1v) is 5.93. The number of esters is 1. The van der Waals surface area contributed by atoms with Crippen LogP contribution in [0.4, 0.5) is 5.69 Å². The van der Waals surface area contributed by atoms with Crippen molar-refractivity contribution in [3.63, 3.8) is 0 Å². The smallest absolute Gasteiger partial charge is 0.334 e. The van der Waals surface area contributed by atoms with Crippen molar-refractivity contribution in [2.45, 2.75) is 17.1 Å². The van der Waals surface area contributed by atoms with Gasteiger partial charge in [0.15, 0.2) is 5.25 Å². The maximum Gasteiger partial charge on any atom is 0.334 e. The van der Waals surface area contributed by atoms with E-state index in [-0.39, 0.29) is 12.3 Å². The summed E-state index contributed by atoms with van der Waals surface area (Å²) in [5.41, 5.74) is -0.0380. The first-order chi connectivity index (χ1) is 8.58. The van der Waals surface area contributed by atoms with Crippen LogP contribution in [-0.2, 0) is 9.53 Å². The third-order valence-corrected chi connectivity index (χ3v) is 3.00. The topological polar surface area (TPSA) is 93.2 Å². The second kappa shape index (κ2) is 6.61. The molecule has 1 rings (SSSR count). The Kier molecular flexibility index (Phi) is 5.14. The molecule has 6 nitrogen and oxygen atoms in total. The van der Waals surface area contributed by atoms with E-state index in [0.717, 1.165) is 11.8 Å². The Morgan fingerprint density at radius 1 is 1.56 bits per heavy atom. The molecule has 0 aliphatic heterocycles. The van der Waals surface area contributed by atoms with Gasteiger partial charge in [0.25, 0.3) is 5.69 Å². The van der Waals surface area contributed by atoms with Crippen LogP contribution in [-0.4, -0.2) is 22.7 Å². The molecule has 0 radical (unpaired) electrons. The number of nitriles is 1. The van der Waals surface area contributed by atoms with Crippen molar-refractivity contribution in [2.24, 2.45) is 0 Å². The van der Waals surface area contributed by atoms with Crippen LogP contribution in [0, 0.1) is 21.4 Å². The highest BCUT2D eigenvalue weighted by atomic mass is 32.2. The Balaban J connectivity index is 2.74. The average Bonchev–Trinajstić information content (AvgIpc) is 2.36. The predicted molar refractivity (Wildman–Crippen MR) is 65.0 cm³/mol. The molecule has 0 saturated heterocycles. The SMILES string of the molecule is CCOC(=O)C(C#N)Sc1ccc([N+](=O)[O-])cc1. The molecule has 0 amide bonds. The Hall–Kier alpha value is -2.07. The van der Waals surface area contributed by atoms with Crippen LogP contribution in [0.25, 0.3) is 0 Å². The first kappa shape index (κ1) is 14.0. The fourth-order valence-electron chi connectivity index (χ4n) is 1.13. The molecule has 0 aromatic heterocycles. The summed E-state index contributed by atoms with van der Waals surface area (Å²) in [4.78, 5) is 21.9. The van der Waals surface area contributed by atoms with E-state index < -0.39 is 16.1 Å². The molecule has 0 spiro atoms. The molecular formula is C11H10N2O4S. The molecule has 1 unspecified atom stereocenters. The standard InChI is InChI=1S/C11H10N2O4S/c1-2-17-11(14)10(7-12)18-9-5-3-8(4-6-9)13(15)16/h3-6,10H,2H2,1H3. The number of thioether (sulfide) groups is 1. The van der Waals surface area contributed by atoms with Gasteiger partial charge in [0.05, 0.1) is 17.6 Å². The number of nitro benzene ring substituents is 1. The normalized spacial score (nSPS) is 11.3. The number of rotatable bonds is 5. The van der Waals surface area contributed by atoms with Crippen LogP contribution >= 0.6 is 11.8 Å². The van der Waals surface area contributed by atoms with Gasteiger partial charge < -0.3 is 4.74 Å². The third-order valence-electron chi connectivity index (χ3n) is 1.92. The van der Waals surface area contributed by atoms with E-state index >= 15 is 0 Å². The zero-order valence-corrected chi connectivity index (χ0v) is 10.3. The Morgan fingerprint density at radius 3 is 2.61 bits per heavy atom. The summed E-state index contributed by atoms with van der Waals surface area (Å²) in [6.45, 7) is 1.86. The number of nitrogens with zero attached hydrogens (tertiary/aromatic N) is 2. The summed E-state index contributed by atoms with van der Waals surface area (Å²) in [6, 6.07) is 7.45. The van der Waals surface area contributed by atoms with E-state index in [1.54, 1.807) is 6.92 Å². The number of hydrogen-bond acceptors (Lipinski definition) is 6. The quantitative estimate of drug-likeness (QED) is 0.351. The number of nitro groups is 1. The monoisotopic (exact) mass is 266 g/mol. The van der Waals surface area contributed by atoms with Crippen LogP contribution < -0.4 is 0 Å². The highest BCUT2D eigenvalue weighted by molar-refractivity contribution is 8.00. The van der Waals surface area contributed by atoms with Crippen LogP contribution in [0.2, 0.25) is 0 Å². The maximum atomic E-state index is 11.4. The minimum Gasteiger partial charge on any atom is -0.464 e. The minimum absolute atomic E-state index is 0.0380. The lowest BCUT2D eigenvalue weighted by Gasteiger charge is -2.07. The van der Waals surface area contributed by atoms with Gasteiger partial charge in [0, 0.05) is 17.0 Å². The second-order valence-corrected chi connectivity index (χ2v) is 4.31. The minimum atomic E-state index is -0.966. The fraction of sp³-hybridized carbons (Fsp3) is 0.273. The van der Waals surface area contributed by atoms with Crippen molar-refractivity contribution < 1.29 is 14.5 Å². The molecule has 0 fully saturated rings. The summed E-state index contributed by atoms with van der Waals surface area (Å²) >= 11 is 0.999.